The van der Waals surface area contributed by atoms with Crippen LogP contribution >= 0.6 is 0 Å². The zero-order valence-corrected chi connectivity index (χ0v) is 20.5. The second-order valence-corrected chi connectivity index (χ2v) is 9.79. The molecule has 0 aromatic heterocycles. The maximum Gasteiger partial charge on any atom is 0.270 e. The molecule has 2 aromatic carbocycles. The smallest absolute Gasteiger partial charge is 0.270 e. The van der Waals surface area contributed by atoms with Crippen LogP contribution in [0.1, 0.15) is 61.0 Å². The Morgan fingerprint density at radius 3 is 2.43 bits per heavy atom. The number of nitrogens with one attached hydrogen (secondary N) is 1. The third-order valence-corrected chi connectivity index (χ3v) is 6.43. The van der Waals surface area contributed by atoms with Crippen molar-refractivity contribution in [3.8, 4) is 11.8 Å². The molecule has 0 fully saturated rings. The molecule has 2 aromatic rings. The summed E-state index contributed by atoms with van der Waals surface area (Å²) in [5, 5.41) is 11.6. The van der Waals surface area contributed by atoms with Gasteiger partial charge in [0.2, 0.25) is 0 Å². The number of ketones is 1. The molecule has 1 aliphatic heterocycles. The number of amides is 1. The van der Waals surface area contributed by atoms with Gasteiger partial charge in [-0.3, -0.25) is 15.0 Å². The van der Waals surface area contributed by atoms with E-state index in [-0.39, 0.29) is 28.5 Å². The number of Topliss-reactive ketones (excluding diaryl/α,β-unsaturated/α-hetero) is 1. The molecule has 180 valence electrons. The summed E-state index contributed by atoms with van der Waals surface area (Å²) in [6, 6.07) is 16.7. The van der Waals surface area contributed by atoms with E-state index in [9.17, 15) is 14.9 Å². The van der Waals surface area contributed by atoms with E-state index in [2.05, 4.69) is 11.5 Å². The summed E-state index contributed by atoms with van der Waals surface area (Å²) in [6.07, 6.45) is 0.868. The molecule has 7 nitrogen and oxygen atoms in total. The summed E-state index contributed by atoms with van der Waals surface area (Å²) in [5.74, 6) is -0.199. The fraction of sp³-hybridized carbons (Fsp3) is 0.321. The first-order chi connectivity index (χ1) is 16.6. The molecule has 0 spiro atoms. The summed E-state index contributed by atoms with van der Waals surface area (Å²) >= 11 is 0. The molecule has 1 unspecified atom stereocenters. The molecule has 1 aliphatic carbocycles. The van der Waals surface area contributed by atoms with Crippen LogP contribution in [-0.4, -0.2) is 23.3 Å². The Bertz CT molecular complexity index is 1260. The number of hydrazine groups is 1. The van der Waals surface area contributed by atoms with Crippen LogP contribution in [0, 0.1) is 23.7 Å². The molecule has 0 saturated heterocycles. The molecular formula is C28H30N4O3. The first kappa shape index (κ1) is 24.1. The van der Waals surface area contributed by atoms with Crippen molar-refractivity contribution in [2.45, 2.75) is 46.5 Å². The maximum absolute atomic E-state index is 13.5. The van der Waals surface area contributed by atoms with E-state index in [1.54, 1.807) is 12.1 Å². The number of carbonyl (C=O) groups is 2. The van der Waals surface area contributed by atoms with Crippen molar-refractivity contribution < 1.29 is 14.3 Å². The summed E-state index contributed by atoms with van der Waals surface area (Å²) in [7, 11) is 0. The van der Waals surface area contributed by atoms with Crippen molar-refractivity contribution in [3.63, 3.8) is 0 Å². The number of benzene rings is 2. The highest BCUT2D eigenvalue weighted by molar-refractivity contribution is 6.01. The first-order valence-electron chi connectivity index (χ1n) is 11.7. The second-order valence-electron chi connectivity index (χ2n) is 9.79. The Hall–Kier alpha value is -4.05. The highest BCUT2D eigenvalue weighted by atomic mass is 16.5. The minimum atomic E-state index is -0.609. The van der Waals surface area contributed by atoms with Gasteiger partial charge in [0, 0.05) is 17.6 Å². The van der Waals surface area contributed by atoms with Crippen molar-refractivity contribution in [1.29, 1.82) is 5.26 Å². The van der Waals surface area contributed by atoms with Crippen molar-refractivity contribution in [3.05, 3.63) is 87.9 Å². The zero-order valence-electron chi connectivity index (χ0n) is 20.5. The molecule has 35 heavy (non-hydrogen) atoms. The predicted molar refractivity (Wildman–Crippen MR) is 133 cm³/mol. The summed E-state index contributed by atoms with van der Waals surface area (Å²) in [5.41, 5.74) is 12.7. The van der Waals surface area contributed by atoms with E-state index in [0.29, 0.717) is 42.0 Å². The monoisotopic (exact) mass is 470 g/mol. The number of rotatable bonds is 5. The normalized spacial score (nSPS) is 19.2. The van der Waals surface area contributed by atoms with E-state index in [0.717, 1.165) is 11.1 Å². The van der Waals surface area contributed by atoms with Crippen LogP contribution in [0.4, 0.5) is 0 Å². The zero-order chi connectivity index (χ0) is 25.3. The molecule has 0 saturated carbocycles. The Kier molecular flexibility index (Phi) is 6.40. The van der Waals surface area contributed by atoms with E-state index >= 15 is 0 Å². The fourth-order valence-corrected chi connectivity index (χ4v) is 4.76. The van der Waals surface area contributed by atoms with Crippen LogP contribution in [0.25, 0.3) is 0 Å². The average molecular weight is 471 g/mol. The number of nitriles is 1. The topological polar surface area (TPSA) is 108 Å². The van der Waals surface area contributed by atoms with Gasteiger partial charge in [-0.05, 0) is 55.5 Å². The average Bonchev–Trinajstić information content (AvgIpc) is 2.81. The minimum Gasteiger partial charge on any atom is -0.494 e. The lowest BCUT2D eigenvalue weighted by atomic mass is 9.69. The van der Waals surface area contributed by atoms with Gasteiger partial charge < -0.3 is 10.5 Å². The van der Waals surface area contributed by atoms with Gasteiger partial charge in [0.05, 0.1) is 29.9 Å². The van der Waals surface area contributed by atoms with Gasteiger partial charge in [-0.2, -0.15) is 5.26 Å². The van der Waals surface area contributed by atoms with E-state index < -0.39 is 5.92 Å². The third-order valence-electron chi connectivity index (χ3n) is 6.43. The van der Waals surface area contributed by atoms with Gasteiger partial charge in [0.15, 0.2) is 5.78 Å². The van der Waals surface area contributed by atoms with Crippen LogP contribution < -0.4 is 15.9 Å². The summed E-state index contributed by atoms with van der Waals surface area (Å²) in [6.45, 7) is 8.42. The van der Waals surface area contributed by atoms with Crippen molar-refractivity contribution in [1.82, 2.24) is 10.4 Å². The Labute approximate surface area is 205 Å². The molecule has 2 aliphatic rings. The number of hydrogen-bond donors (Lipinski definition) is 2. The van der Waals surface area contributed by atoms with Crippen molar-refractivity contribution in [2.24, 2.45) is 11.1 Å². The third kappa shape index (κ3) is 4.65. The number of hydrogen-bond acceptors (Lipinski definition) is 6. The minimum absolute atomic E-state index is 0.0510. The molecule has 1 atom stereocenters. The SMILES string of the molecule is CCOc1ccc(C2C(C#N)=C(N)N(NC(=O)c3ccc(C)cc3)C3=C2C(=O)CC(C)(C)C3)cc1. The molecule has 4 rings (SSSR count). The van der Waals surface area contributed by atoms with E-state index in [4.69, 9.17) is 10.5 Å². The number of nitrogens with zero attached hydrogens (tertiary/aromatic N) is 2. The molecule has 0 radical (unpaired) electrons. The van der Waals surface area contributed by atoms with Crippen molar-refractivity contribution in [2.75, 3.05) is 6.61 Å². The largest absolute Gasteiger partial charge is 0.494 e. The number of ether oxygens (including phenoxy) is 1. The van der Waals surface area contributed by atoms with E-state index in [1.165, 1.54) is 5.01 Å². The first-order valence-corrected chi connectivity index (χ1v) is 11.7. The summed E-state index contributed by atoms with van der Waals surface area (Å²) < 4.78 is 5.55. The Balaban J connectivity index is 1.81. The predicted octanol–water partition coefficient (Wildman–Crippen LogP) is 4.48. The quantitative estimate of drug-likeness (QED) is 0.667. The highest BCUT2D eigenvalue weighted by Crippen LogP contribution is 2.48. The van der Waals surface area contributed by atoms with Gasteiger partial charge in [-0.25, -0.2) is 5.01 Å². The lowest BCUT2D eigenvalue weighted by molar-refractivity contribution is -0.118. The summed E-state index contributed by atoms with van der Waals surface area (Å²) in [4.78, 5) is 26.6. The maximum atomic E-state index is 13.5. The van der Waals surface area contributed by atoms with Crippen LogP contribution in [0.15, 0.2) is 71.2 Å². The number of nitrogens with two attached hydrogens (primary N) is 1. The molecule has 1 amide bonds. The van der Waals surface area contributed by atoms with Crippen LogP contribution in [0.3, 0.4) is 0 Å². The van der Waals surface area contributed by atoms with Crippen LogP contribution in [0.5, 0.6) is 5.75 Å². The number of allylic oxidation sites excluding steroid dienone is 3. The molecule has 0 bridgehead atoms. The second kappa shape index (κ2) is 9.30. The van der Waals surface area contributed by atoms with Gasteiger partial charge in [0.25, 0.3) is 5.91 Å². The lowest BCUT2D eigenvalue weighted by Crippen LogP contribution is -2.49. The van der Waals surface area contributed by atoms with E-state index in [1.807, 2.05) is 64.1 Å². The van der Waals surface area contributed by atoms with Gasteiger partial charge in [-0.15, -0.1) is 0 Å². The fourth-order valence-electron chi connectivity index (χ4n) is 4.76. The molecular weight excluding hydrogens is 440 g/mol. The van der Waals surface area contributed by atoms with Crippen molar-refractivity contribution >= 4 is 11.7 Å². The van der Waals surface area contributed by atoms with Crippen LogP contribution in [-0.2, 0) is 4.79 Å². The Morgan fingerprint density at radius 2 is 1.83 bits per heavy atom. The Morgan fingerprint density at radius 1 is 1.17 bits per heavy atom. The van der Waals surface area contributed by atoms with Gasteiger partial charge in [0.1, 0.15) is 11.6 Å². The molecule has 3 N–H and O–H groups in total. The highest BCUT2D eigenvalue weighted by Gasteiger charge is 2.44. The standard InChI is InChI=1S/C28H30N4O3/c1-5-35-20-12-10-18(11-13-20)24-21(16-29)26(30)32(22-14-28(3,4)15-23(33)25(22)24)31-27(34)19-8-6-17(2)7-9-19/h6-13,24H,5,14-15,30H2,1-4H3,(H,31,34). The van der Waals surface area contributed by atoms with Crippen LogP contribution in [0.2, 0.25) is 0 Å². The van der Waals surface area contributed by atoms with Gasteiger partial charge in [-0.1, -0.05) is 43.7 Å². The lowest BCUT2D eigenvalue weighted by Gasteiger charge is -2.43. The number of carbonyl (C=O) groups excluding carboxylic acids is 2. The molecule has 1 heterocycles. The molecule has 7 heteroatoms. The number of aryl methyl sites for hydroxylation is 1. The van der Waals surface area contributed by atoms with Gasteiger partial charge >= 0.3 is 0 Å².